The summed E-state index contributed by atoms with van der Waals surface area (Å²) in [4.78, 5) is 9.51. The van der Waals surface area contributed by atoms with Crippen LogP contribution in [0.2, 0.25) is 0 Å². The Morgan fingerprint density at radius 3 is 1.92 bits per heavy atom. The van der Waals surface area contributed by atoms with E-state index in [0.717, 1.165) is 6.08 Å². The molecule has 0 aliphatic heterocycles. The maximum Gasteiger partial charge on any atom is 0.327 e. The van der Waals surface area contributed by atoms with Crippen molar-refractivity contribution < 1.29 is 22.9 Å². The van der Waals surface area contributed by atoms with Gasteiger partial charge in [-0.05, 0) is 13.3 Å². The van der Waals surface area contributed by atoms with E-state index in [2.05, 4.69) is 0 Å². The van der Waals surface area contributed by atoms with Gasteiger partial charge in [0, 0.05) is 6.08 Å². The summed E-state index contributed by atoms with van der Waals surface area (Å²) in [5.41, 5.74) is 0. The number of carbonyl (C=O) groups is 1. The van der Waals surface area contributed by atoms with Crippen molar-refractivity contribution in [2.24, 2.45) is 0 Å². The minimum Gasteiger partial charge on any atom is -0.478 e. The summed E-state index contributed by atoms with van der Waals surface area (Å²) in [5.74, 6) is -1.02. The molecule has 0 aliphatic carbocycles. The fourth-order valence-electron chi connectivity index (χ4n) is 0.401. The van der Waals surface area contributed by atoms with Gasteiger partial charge in [-0.25, -0.2) is 4.79 Å². The number of hydrogen-bond acceptors (Lipinski definition) is 3. The van der Waals surface area contributed by atoms with E-state index in [1.165, 1.54) is 6.08 Å². The average Bonchev–Trinajstić information content (AvgIpc) is 1.84. The number of carboxylic acid groups (broad SMARTS) is 1. The second kappa shape index (κ2) is 7.75. The lowest BCUT2D eigenvalue weighted by molar-refractivity contribution is -0.131. The summed E-state index contributed by atoms with van der Waals surface area (Å²) >= 11 is 0. The Hall–Kier alpha value is -0.880. The first-order valence-electron chi connectivity index (χ1n) is 3.64. The van der Waals surface area contributed by atoms with Crippen LogP contribution in [-0.4, -0.2) is 29.8 Å². The molecular weight excluding hydrogens is 196 g/mol. The highest BCUT2D eigenvalue weighted by molar-refractivity contribution is 7.85. The Balaban J connectivity index is 0. The van der Waals surface area contributed by atoms with E-state index in [1.807, 2.05) is 0 Å². The van der Waals surface area contributed by atoms with Crippen molar-refractivity contribution in [1.82, 2.24) is 0 Å². The van der Waals surface area contributed by atoms with Crippen LogP contribution >= 0.6 is 0 Å². The lowest BCUT2D eigenvalue weighted by atomic mass is 10.5. The third kappa shape index (κ3) is 24.7. The maximum atomic E-state index is 9.79. The van der Waals surface area contributed by atoms with Crippen molar-refractivity contribution in [3.05, 3.63) is 12.2 Å². The Morgan fingerprint density at radius 2 is 1.92 bits per heavy atom. The van der Waals surface area contributed by atoms with Gasteiger partial charge in [0.15, 0.2) is 0 Å². The molecule has 0 bridgehead atoms. The van der Waals surface area contributed by atoms with Crippen LogP contribution in [0.4, 0.5) is 0 Å². The first kappa shape index (κ1) is 14.6. The van der Waals surface area contributed by atoms with E-state index in [9.17, 15) is 13.2 Å². The predicted octanol–water partition coefficient (Wildman–Crippen LogP) is 0.931. The molecular formula is C7H14O5S. The summed E-state index contributed by atoms with van der Waals surface area (Å²) in [6, 6.07) is 0. The van der Waals surface area contributed by atoms with Gasteiger partial charge < -0.3 is 5.11 Å². The fourth-order valence-corrected chi connectivity index (χ4v) is 0.916. The Labute approximate surface area is 77.8 Å². The second-order valence-electron chi connectivity index (χ2n) is 2.12. The normalized spacial score (nSPS) is 10.7. The van der Waals surface area contributed by atoms with E-state index >= 15 is 0 Å². The van der Waals surface area contributed by atoms with Crippen molar-refractivity contribution in [3.63, 3.8) is 0 Å². The fraction of sp³-hybridized carbons (Fsp3) is 0.571. The van der Waals surface area contributed by atoms with Crippen molar-refractivity contribution in [1.29, 1.82) is 0 Å². The maximum absolute atomic E-state index is 9.79. The third-order valence-electron chi connectivity index (χ3n) is 0.771. The van der Waals surface area contributed by atoms with Crippen molar-refractivity contribution >= 4 is 16.1 Å². The molecule has 0 heterocycles. The smallest absolute Gasteiger partial charge is 0.327 e. The molecule has 0 saturated carbocycles. The quantitative estimate of drug-likeness (QED) is 0.534. The van der Waals surface area contributed by atoms with Crippen LogP contribution in [0.3, 0.4) is 0 Å². The molecule has 0 aromatic rings. The molecule has 2 N–H and O–H groups in total. The third-order valence-corrected chi connectivity index (χ3v) is 1.70. The molecule has 0 unspecified atom stereocenters. The highest BCUT2D eigenvalue weighted by Gasteiger charge is 1.98. The SMILES string of the molecule is CC=CC(=O)O.CCCS(=O)(=O)O. The van der Waals surface area contributed by atoms with Crippen LogP contribution in [0.15, 0.2) is 12.2 Å². The summed E-state index contributed by atoms with van der Waals surface area (Å²) in [5, 5.41) is 7.83. The lowest BCUT2D eigenvalue weighted by Crippen LogP contribution is -2.01. The zero-order valence-electron chi connectivity index (χ0n) is 7.60. The Bertz CT molecular complexity index is 252. The predicted molar refractivity (Wildman–Crippen MR) is 49.2 cm³/mol. The number of allylic oxidation sites excluding steroid dienone is 1. The second-order valence-corrected chi connectivity index (χ2v) is 3.70. The van der Waals surface area contributed by atoms with Crippen LogP contribution in [-0.2, 0) is 14.9 Å². The molecule has 5 nitrogen and oxygen atoms in total. The molecule has 0 fully saturated rings. The molecule has 78 valence electrons. The van der Waals surface area contributed by atoms with Gasteiger partial charge in [-0.2, -0.15) is 8.42 Å². The number of hydrogen-bond donors (Lipinski definition) is 2. The van der Waals surface area contributed by atoms with Gasteiger partial charge in [-0.3, -0.25) is 4.55 Å². The molecule has 6 heteroatoms. The minimum atomic E-state index is -3.67. The van der Waals surface area contributed by atoms with E-state index in [0.29, 0.717) is 6.42 Å². The van der Waals surface area contributed by atoms with Gasteiger partial charge in [0.1, 0.15) is 0 Å². The van der Waals surface area contributed by atoms with Gasteiger partial charge in [-0.15, -0.1) is 0 Å². The van der Waals surface area contributed by atoms with Crippen LogP contribution in [0, 0.1) is 0 Å². The standard InChI is InChI=1S/C4H6O2.C3H8O3S/c1-2-3-4(5)6;1-2-3-7(4,5)6/h2-3H,1H3,(H,5,6);2-3H2,1H3,(H,4,5,6). The number of rotatable bonds is 3. The molecule has 0 rings (SSSR count). The first-order chi connectivity index (χ1) is 5.83. The Kier molecular flexibility index (Phi) is 8.73. The first-order valence-corrected chi connectivity index (χ1v) is 5.25. The van der Waals surface area contributed by atoms with Crippen molar-refractivity contribution in [2.75, 3.05) is 5.75 Å². The van der Waals surface area contributed by atoms with E-state index in [4.69, 9.17) is 9.66 Å². The van der Waals surface area contributed by atoms with Gasteiger partial charge >= 0.3 is 5.97 Å². The van der Waals surface area contributed by atoms with Crippen LogP contribution in [0.5, 0.6) is 0 Å². The zero-order chi connectivity index (χ0) is 10.9. The van der Waals surface area contributed by atoms with E-state index in [1.54, 1.807) is 13.8 Å². The highest BCUT2D eigenvalue weighted by Crippen LogP contribution is 1.83. The number of carboxylic acids is 1. The molecule has 0 amide bonds. The van der Waals surface area contributed by atoms with Crippen molar-refractivity contribution in [2.45, 2.75) is 20.3 Å². The zero-order valence-corrected chi connectivity index (χ0v) is 8.41. The molecule has 0 aromatic heterocycles. The van der Waals surface area contributed by atoms with Gasteiger partial charge in [0.2, 0.25) is 0 Å². The summed E-state index contributed by atoms with van der Waals surface area (Å²) in [7, 11) is -3.67. The highest BCUT2D eigenvalue weighted by atomic mass is 32.2. The summed E-state index contributed by atoms with van der Waals surface area (Å²) in [6.07, 6.45) is 3.03. The van der Waals surface area contributed by atoms with Gasteiger partial charge in [0.05, 0.1) is 5.75 Å². The molecule has 0 saturated heterocycles. The molecule has 13 heavy (non-hydrogen) atoms. The monoisotopic (exact) mass is 210 g/mol. The Morgan fingerprint density at radius 1 is 1.46 bits per heavy atom. The summed E-state index contributed by atoms with van der Waals surface area (Å²) < 4.78 is 27.6. The molecule has 0 atom stereocenters. The van der Waals surface area contributed by atoms with E-state index < -0.39 is 16.1 Å². The molecule has 0 aliphatic rings. The summed E-state index contributed by atoms with van der Waals surface area (Å²) in [6.45, 7) is 3.35. The molecule has 0 aromatic carbocycles. The molecule has 0 radical (unpaired) electrons. The van der Waals surface area contributed by atoms with Crippen LogP contribution < -0.4 is 0 Å². The van der Waals surface area contributed by atoms with Gasteiger partial charge in [0.25, 0.3) is 10.1 Å². The number of aliphatic carboxylic acids is 1. The van der Waals surface area contributed by atoms with Gasteiger partial charge in [-0.1, -0.05) is 13.0 Å². The minimum absolute atomic E-state index is 0.132. The average molecular weight is 210 g/mol. The van der Waals surface area contributed by atoms with Crippen LogP contribution in [0.1, 0.15) is 20.3 Å². The largest absolute Gasteiger partial charge is 0.478 e. The van der Waals surface area contributed by atoms with E-state index in [-0.39, 0.29) is 5.75 Å². The lowest BCUT2D eigenvalue weighted by Gasteiger charge is -1.85. The van der Waals surface area contributed by atoms with Crippen molar-refractivity contribution in [3.8, 4) is 0 Å². The topological polar surface area (TPSA) is 91.7 Å². The molecule has 0 spiro atoms. The van der Waals surface area contributed by atoms with Crippen LogP contribution in [0.25, 0.3) is 0 Å².